The molecule has 0 aliphatic carbocycles. The lowest BCUT2D eigenvalue weighted by molar-refractivity contribution is 0.112. The first-order chi connectivity index (χ1) is 7.11. The molecule has 0 heterocycles. The lowest BCUT2D eigenvalue weighted by Crippen LogP contribution is -2.18. The van der Waals surface area contributed by atoms with Crippen LogP contribution in [0.3, 0.4) is 0 Å². The number of aliphatic hydroxyl groups excluding tert-OH is 1. The van der Waals surface area contributed by atoms with E-state index in [9.17, 15) is 5.11 Å². The zero-order valence-corrected chi connectivity index (χ0v) is 10.9. The molecule has 0 aromatic heterocycles. The van der Waals surface area contributed by atoms with Crippen molar-refractivity contribution in [3.8, 4) is 0 Å². The SMILES string of the molecule is CCCC[C@@H](C=C(C)C)[C@@H](O)CCCC. The van der Waals surface area contributed by atoms with Crippen LogP contribution >= 0.6 is 0 Å². The minimum Gasteiger partial charge on any atom is -0.393 e. The topological polar surface area (TPSA) is 20.2 Å². The molecule has 0 aliphatic rings. The molecule has 15 heavy (non-hydrogen) atoms. The Kier molecular flexibility index (Phi) is 8.79. The van der Waals surface area contributed by atoms with Crippen molar-refractivity contribution in [2.24, 2.45) is 5.92 Å². The highest BCUT2D eigenvalue weighted by atomic mass is 16.3. The third-order valence-electron chi connectivity index (χ3n) is 2.79. The summed E-state index contributed by atoms with van der Waals surface area (Å²) in [5.74, 6) is 0.376. The lowest BCUT2D eigenvalue weighted by atomic mass is 9.91. The van der Waals surface area contributed by atoms with Crippen molar-refractivity contribution in [3.63, 3.8) is 0 Å². The maximum absolute atomic E-state index is 10.1. The monoisotopic (exact) mass is 212 g/mol. The van der Waals surface area contributed by atoms with Crippen molar-refractivity contribution in [2.75, 3.05) is 0 Å². The first kappa shape index (κ1) is 14.7. The Hall–Kier alpha value is -0.300. The summed E-state index contributed by atoms with van der Waals surface area (Å²) < 4.78 is 0. The van der Waals surface area contributed by atoms with Gasteiger partial charge in [-0.1, -0.05) is 51.2 Å². The summed E-state index contributed by atoms with van der Waals surface area (Å²) in [5, 5.41) is 10.1. The summed E-state index contributed by atoms with van der Waals surface area (Å²) in [6, 6.07) is 0. The van der Waals surface area contributed by atoms with Gasteiger partial charge in [-0.15, -0.1) is 0 Å². The maximum Gasteiger partial charge on any atom is 0.0602 e. The average Bonchev–Trinajstić information content (AvgIpc) is 2.20. The highest BCUT2D eigenvalue weighted by Crippen LogP contribution is 2.20. The standard InChI is InChI=1S/C14H28O/c1-5-7-9-13(11-12(3)4)14(15)10-8-6-2/h11,13-15H,5-10H2,1-4H3/t13-,14-/m0/s1. The zero-order valence-electron chi connectivity index (χ0n) is 10.9. The van der Waals surface area contributed by atoms with Gasteiger partial charge in [-0.05, 0) is 26.7 Å². The Bertz CT molecular complexity index is 168. The van der Waals surface area contributed by atoms with Gasteiger partial charge in [0.15, 0.2) is 0 Å². The van der Waals surface area contributed by atoms with Crippen molar-refractivity contribution in [1.82, 2.24) is 0 Å². The number of hydrogen-bond donors (Lipinski definition) is 1. The predicted molar refractivity (Wildman–Crippen MR) is 68.0 cm³/mol. The Morgan fingerprint density at radius 2 is 1.60 bits per heavy atom. The zero-order chi connectivity index (χ0) is 11.7. The first-order valence-electron chi connectivity index (χ1n) is 6.44. The maximum atomic E-state index is 10.1. The highest BCUT2D eigenvalue weighted by molar-refractivity contribution is 4.99. The van der Waals surface area contributed by atoms with Gasteiger partial charge in [0, 0.05) is 5.92 Å². The molecule has 0 saturated carbocycles. The van der Waals surface area contributed by atoms with Crippen LogP contribution in [-0.2, 0) is 0 Å². The molecule has 1 heteroatoms. The number of rotatable bonds is 8. The molecule has 0 fully saturated rings. The fourth-order valence-electron chi connectivity index (χ4n) is 1.88. The molecular weight excluding hydrogens is 184 g/mol. The number of hydrogen-bond acceptors (Lipinski definition) is 1. The molecule has 0 spiro atoms. The van der Waals surface area contributed by atoms with E-state index in [1.165, 1.54) is 24.8 Å². The largest absolute Gasteiger partial charge is 0.393 e. The van der Waals surface area contributed by atoms with Gasteiger partial charge in [-0.2, -0.15) is 0 Å². The smallest absolute Gasteiger partial charge is 0.0602 e. The molecule has 90 valence electrons. The Morgan fingerprint density at radius 1 is 1.07 bits per heavy atom. The Balaban J connectivity index is 4.14. The van der Waals surface area contributed by atoms with Crippen LogP contribution in [0.1, 0.15) is 66.2 Å². The van der Waals surface area contributed by atoms with Crippen LogP contribution in [0, 0.1) is 5.92 Å². The van der Waals surface area contributed by atoms with Crippen molar-refractivity contribution >= 4 is 0 Å². The molecule has 0 radical (unpaired) electrons. The summed E-state index contributed by atoms with van der Waals surface area (Å²) in [5.41, 5.74) is 1.33. The van der Waals surface area contributed by atoms with Gasteiger partial charge in [0.2, 0.25) is 0 Å². The van der Waals surface area contributed by atoms with E-state index in [1.807, 2.05) is 0 Å². The summed E-state index contributed by atoms with van der Waals surface area (Å²) >= 11 is 0. The molecular formula is C14H28O. The van der Waals surface area contributed by atoms with E-state index in [1.54, 1.807) is 0 Å². The van der Waals surface area contributed by atoms with E-state index < -0.39 is 0 Å². The molecule has 0 unspecified atom stereocenters. The number of aliphatic hydroxyl groups is 1. The Labute approximate surface area is 95.6 Å². The molecule has 0 rings (SSSR count). The van der Waals surface area contributed by atoms with Crippen LogP contribution in [-0.4, -0.2) is 11.2 Å². The van der Waals surface area contributed by atoms with Crippen molar-refractivity contribution < 1.29 is 5.11 Å². The van der Waals surface area contributed by atoms with Gasteiger partial charge >= 0.3 is 0 Å². The summed E-state index contributed by atoms with van der Waals surface area (Å²) in [6.07, 6.45) is 8.95. The lowest BCUT2D eigenvalue weighted by Gasteiger charge is -2.20. The molecule has 1 N–H and O–H groups in total. The molecule has 0 saturated heterocycles. The van der Waals surface area contributed by atoms with Gasteiger partial charge in [0.1, 0.15) is 0 Å². The van der Waals surface area contributed by atoms with Crippen LogP contribution < -0.4 is 0 Å². The van der Waals surface area contributed by atoms with Gasteiger partial charge in [0.25, 0.3) is 0 Å². The minimum absolute atomic E-state index is 0.133. The average molecular weight is 212 g/mol. The second-order valence-electron chi connectivity index (χ2n) is 4.76. The van der Waals surface area contributed by atoms with E-state index in [0.717, 1.165) is 19.3 Å². The summed E-state index contributed by atoms with van der Waals surface area (Å²) in [6.45, 7) is 8.61. The Morgan fingerprint density at radius 3 is 2.07 bits per heavy atom. The normalized spacial score (nSPS) is 14.7. The van der Waals surface area contributed by atoms with E-state index >= 15 is 0 Å². The summed E-state index contributed by atoms with van der Waals surface area (Å²) in [4.78, 5) is 0. The third kappa shape index (κ3) is 7.61. The van der Waals surface area contributed by atoms with Gasteiger partial charge in [-0.25, -0.2) is 0 Å². The molecule has 0 bridgehead atoms. The van der Waals surface area contributed by atoms with Gasteiger partial charge < -0.3 is 5.11 Å². The van der Waals surface area contributed by atoms with Crippen molar-refractivity contribution in [1.29, 1.82) is 0 Å². The second kappa shape index (κ2) is 8.96. The van der Waals surface area contributed by atoms with Crippen molar-refractivity contribution in [2.45, 2.75) is 72.3 Å². The number of unbranched alkanes of at least 4 members (excludes halogenated alkanes) is 2. The van der Waals surface area contributed by atoms with Gasteiger partial charge in [-0.3, -0.25) is 0 Å². The van der Waals surface area contributed by atoms with Crippen molar-refractivity contribution in [3.05, 3.63) is 11.6 Å². The van der Waals surface area contributed by atoms with Crippen LogP contribution in [0.15, 0.2) is 11.6 Å². The predicted octanol–water partition coefficient (Wildman–Crippen LogP) is 4.31. The minimum atomic E-state index is -0.133. The third-order valence-corrected chi connectivity index (χ3v) is 2.79. The van der Waals surface area contributed by atoms with E-state index in [2.05, 4.69) is 33.8 Å². The quantitative estimate of drug-likeness (QED) is 0.594. The van der Waals surface area contributed by atoms with E-state index in [4.69, 9.17) is 0 Å². The molecule has 0 aromatic rings. The molecule has 1 nitrogen and oxygen atoms in total. The fourth-order valence-corrected chi connectivity index (χ4v) is 1.88. The summed E-state index contributed by atoms with van der Waals surface area (Å²) in [7, 11) is 0. The number of allylic oxidation sites excluding steroid dienone is 1. The molecule has 2 atom stereocenters. The van der Waals surface area contributed by atoms with Crippen LogP contribution in [0.2, 0.25) is 0 Å². The second-order valence-corrected chi connectivity index (χ2v) is 4.76. The molecule has 0 amide bonds. The van der Waals surface area contributed by atoms with E-state index in [0.29, 0.717) is 5.92 Å². The highest BCUT2D eigenvalue weighted by Gasteiger charge is 2.15. The van der Waals surface area contributed by atoms with Crippen LogP contribution in [0.4, 0.5) is 0 Å². The van der Waals surface area contributed by atoms with Crippen LogP contribution in [0.25, 0.3) is 0 Å². The fraction of sp³-hybridized carbons (Fsp3) is 0.857. The first-order valence-corrected chi connectivity index (χ1v) is 6.44. The van der Waals surface area contributed by atoms with Crippen LogP contribution in [0.5, 0.6) is 0 Å². The van der Waals surface area contributed by atoms with E-state index in [-0.39, 0.29) is 6.10 Å². The van der Waals surface area contributed by atoms with Gasteiger partial charge in [0.05, 0.1) is 6.10 Å². The molecule has 0 aromatic carbocycles. The molecule has 0 aliphatic heterocycles.